The van der Waals surface area contributed by atoms with Gasteiger partial charge in [-0.3, -0.25) is 0 Å². The molecular formula is C55H33N3OS. The van der Waals surface area contributed by atoms with Crippen molar-refractivity contribution in [2.75, 3.05) is 0 Å². The van der Waals surface area contributed by atoms with E-state index in [4.69, 9.17) is 19.4 Å². The van der Waals surface area contributed by atoms with Crippen molar-refractivity contribution in [2.24, 2.45) is 0 Å². The molecule has 0 spiro atoms. The molecule has 0 saturated heterocycles. The third-order valence-corrected chi connectivity index (χ3v) is 12.7. The number of para-hydroxylation sites is 2. The maximum Gasteiger partial charge on any atom is 0.160 e. The molecule has 0 aliphatic heterocycles. The molecule has 60 heavy (non-hydrogen) atoms. The lowest BCUT2D eigenvalue weighted by atomic mass is 9.98. The highest BCUT2D eigenvalue weighted by atomic mass is 32.1. The Labute approximate surface area is 349 Å². The van der Waals surface area contributed by atoms with E-state index in [1.54, 1.807) is 0 Å². The van der Waals surface area contributed by atoms with E-state index in [1.807, 2.05) is 41.7 Å². The summed E-state index contributed by atoms with van der Waals surface area (Å²) in [5.41, 5.74) is 14.0. The number of hydrogen-bond acceptors (Lipinski definition) is 5. The van der Waals surface area contributed by atoms with Crippen LogP contribution >= 0.6 is 11.3 Å². The summed E-state index contributed by atoms with van der Waals surface area (Å²) in [6.45, 7) is 0. The molecule has 280 valence electrons. The molecule has 4 aromatic heterocycles. The first-order valence-electron chi connectivity index (χ1n) is 20.1. The molecular weight excluding hydrogens is 751 g/mol. The molecule has 0 aliphatic rings. The van der Waals surface area contributed by atoms with Crippen LogP contribution in [0.25, 0.3) is 120 Å². The van der Waals surface area contributed by atoms with Crippen LogP contribution in [-0.4, -0.2) is 15.0 Å². The molecule has 4 nitrogen and oxygen atoms in total. The second-order valence-corrected chi connectivity index (χ2v) is 16.2. The van der Waals surface area contributed by atoms with Gasteiger partial charge < -0.3 is 4.42 Å². The number of aromatic nitrogens is 3. The zero-order valence-corrected chi connectivity index (χ0v) is 33.0. The number of furan rings is 1. The zero-order chi connectivity index (χ0) is 39.6. The molecule has 0 radical (unpaired) electrons. The lowest BCUT2D eigenvalue weighted by Crippen LogP contribution is -1.96. The zero-order valence-electron chi connectivity index (χ0n) is 32.2. The molecule has 0 unspecified atom stereocenters. The van der Waals surface area contributed by atoms with Gasteiger partial charge in [-0.05, 0) is 41.0 Å². The van der Waals surface area contributed by atoms with Gasteiger partial charge in [0, 0.05) is 59.4 Å². The first-order chi connectivity index (χ1) is 29.7. The molecule has 0 saturated carbocycles. The van der Waals surface area contributed by atoms with Gasteiger partial charge in [0.1, 0.15) is 11.2 Å². The van der Waals surface area contributed by atoms with Crippen LogP contribution in [0.5, 0.6) is 0 Å². The van der Waals surface area contributed by atoms with Crippen LogP contribution in [0.2, 0.25) is 0 Å². The van der Waals surface area contributed by atoms with Crippen molar-refractivity contribution in [3.63, 3.8) is 0 Å². The summed E-state index contributed by atoms with van der Waals surface area (Å²) in [7, 11) is 0. The van der Waals surface area contributed by atoms with Crippen LogP contribution in [0.3, 0.4) is 0 Å². The first kappa shape index (κ1) is 34.3. The van der Waals surface area contributed by atoms with Crippen molar-refractivity contribution in [3.05, 3.63) is 200 Å². The first-order valence-corrected chi connectivity index (χ1v) is 20.9. The van der Waals surface area contributed by atoms with E-state index in [9.17, 15) is 0 Å². The summed E-state index contributed by atoms with van der Waals surface area (Å²) in [4.78, 5) is 15.7. The quantitative estimate of drug-likeness (QED) is 0.169. The number of rotatable bonds is 6. The van der Waals surface area contributed by atoms with Gasteiger partial charge in [0.25, 0.3) is 0 Å². The molecule has 0 N–H and O–H groups in total. The predicted molar refractivity (Wildman–Crippen MR) is 250 cm³/mol. The highest BCUT2D eigenvalue weighted by Gasteiger charge is 2.18. The number of pyridine rings is 1. The molecule has 0 amide bonds. The van der Waals surface area contributed by atoms with Crippen LogP contribution in [0.4, 0.5) is 0 Å². The molecule has 12 aromatic rings. The van der Waals surface area contributed by atoms with Gasteiger partial charge in [0.05, 0.1) is 27.3 Å². The minimum absolute atomic E-state index is 0.681. The van der Waals surface area contributed by atoms with Gasteiger partial charge in [-0.25, -0.2) is 15.0 Å². The number of nitrogens with zero attached hydrogens (tertiary/aromatic N) is 3. The van der Waals surface area contributed by atoms with Crippen LogP contribution in [-0.2, 0) is 0 Å². The summed E-state index contributed by atoms with van der Waals surface area (Å²) in [6.07, 6.45) is 0. The molecule has 0 bridgehead atoms. The van der Waals surface area contributed by atoms with E-state index in [0.29, 0.717) is 5.82 Å². The van der Waals surface area contributed by atoms with Crippen LogP contribution < -0.4 is 0 Å². The normalized spacial score (nSPS) is 11.7. The van der Waals surface area contributed by atoms with Gasteiger partial charge in [-0.2, -0.15) is 0 Å². The maximum atomic E-state index is 6.37. The SMILES string of the molecule is c1ccc(-c2ccc3c(c2)nc(-c2ccc(-c4cc(-c5ccc(-c6cccc7c6oc6ccccc67)cc5)nc(-c5ccccc5)n4)cc2)c2sc4ccccc4c23)cc1. The van der Waals surface area contributed by atoms with E-state index < -0.39 is 0 Å². The fourth-order valence-corrected chi connectivity index (χ4v) is 9.77. The molecule has 0 fully saturated rings. The number of thiophene rings is 1. The fraction of sp³-hybridized carbons (Fsp3) is 0. The van der Waals surface area contributed by atoms with Crippen molar-refractivity contribution >= 4 is 64.4 Å². The van der Waals surface area contributed by atoms with Crippen molar-refractivity contribution in [1.29, 1.82) is 0 Å². The summed E-state index contributed by atoms with van der Waals surface area (Å²) >= 11 is 1.81. The third-order valence-electron chi connectivity index (χ3n) is 11.5. The molecule has 0 atom stereocenters. The van der Waals surface area contributed by atoms with Crippen LogP contribution in [0.1, 0.15) is 0 Å². The highest BCUT2D eigenvalue weighted by Crippen LogP contribution is 2.44. The summed E-state index contributed by atoms with van der Waals surface area (Å²) in [5, 5.41) is 5.93. The molecule has 12 rings (SSSR count). The van der Waals surface area contributed by atoms with Crippen molar-refractivity contribution in [3.8, 4) is 67.4 Å². The minimum Gasteiger partial charge on any atom is -0.455 e. The highest BCUT2D eigenvalue weighted by molar-refractivity contribution is 7.26. The largest absolute Gasteiger partial charge is 0.455 e. The van der Waals surface area contributed by atoms with E-state index >= 15 is 0 Å². The number of fused-ring (bicyclic) bond motifs is 8. The van der Waals surface area contributed by atoms with E-state index in [0.717, 1.165) is 83.5 Å². The van der Waals surface area contributed by atoms with Crippen LogP contribution in [0.15, 0.2) is 205 Å². The Balaban J connectivity index is 0.954. The Hall–Kier alpha value is -7.73. The lowest BCUT2D eigenvalue weighted by molar-refractivity contribution is 0.670. The van der Waals surface area contributed by atoms with Gasteiger partial charge in [0.2, 0.25) is 0 Å². The Morgan fingerprint density at radius 2 is 0.983 bits per heavy atom. The Morgan fingerprint density at radius 3 is 1.73 bits per heavy atom. The average molecular weight is 784 g/mol. The maximum absolute atomic E-state index is 6.37. The van der Waals surface area contributed by atoms with E-state index in [2.05, 4.69) is 170 Å². The topological polar surface area (TPSA) is 51.8 Å². The van der Waals surface area contributed by atoms with E-state index in [-0.39, 0.29) is 0 Å². The second kappa shape index (κ2) is 14.0. The van der Waals surface area contributed by atoms with E-state index in [1.165, 1.54) is 31.1 Å². The standard InChI is InChI=1S/C55H33N3OS/c1-3-12-34(13-4-1)40-30-31-44-48(32-40)56-52(54-51(44)45-17-8-10-21-50(45)60-54)38-28-26-37(27-29-38)47-33-46(57-55(58-47)39-14-5-2-6-15-39)36-24-22-35(23-25-36)41-18-11-19-43-42-16-7-9-20-49(42)59-53(41)43/h1-33H. The lowest BCUT2D eigenvalue weighted by Gasteiger charge is -2.12. The summed E-state index contributed by atoms with van der Waals surface area (Å²) < 4.78 is 8.82. The summed E-state index contributed by atoms with van der Waals surface area (Å²) in [6, 6.07) is 70.1. The van der Waals surface area contributed by atoms with Gasteiger partial charge in [0.15, 0.2) is 5.82 Å². The predicted octanol–water partition coefficient (Wildman–Crippen LogP) is 15.3. The third kappa shape index (κ3) is 5.78. The van der Waals surface area contributed by atoms with Gasteiger partial charge in [-0.1, -0.05) is 176 Å². The van der Waals surface area contributed by atoms with Gasteiger partial charge >= 0.3 is 0 Å². The Bertz CT molecular complexity index is 3570. The number of benzene rings is 8. The monoisotopic (exact) mass is 783 g/mol. The summed E-state index contributed by atoms with van der Waals surface area (Å²) in [5.74, 6) is 0.681. The number of hydrogen-bond donors (Lipinski definition) is 0. The Kier molecular flexibility index (Phi) is 8.00. The van der Waals surface area contributed by atoms with Crippen molar-refractivity contribution in [1.82, 2.24) is 15.0 Å². The van der Waals surface area contributed by atoms with Crippen LogP contribution in [0, 0.1) is 0 Å². The van der Waals surface area contributed by atoms with Gasteiger partial charge in [-0.15, -0.1) is 11.3 Å². The molecule has 4 heterocycles. The smallest absolute Gasteiger partial charge is 0.160 e. The molecule has 8 aromatic carbocycles. The Morgan fingerprint density at radius 1 is 0.383 bits per heavy atom. The minimum atomic E-state index is 0.681. The average Bonchev–Trinajstić information content (AvgIpc) is 3.91. The fourth-order valence-electron chi connectivity index (χ4n) is 8.55. The van der Waals surface area contributed by atoms with Crippen molar-refractivity contribution in [2.45, 2.75) is 0 Å². The molecule has 5 heteroatoms. The van der Waals surface area contributed by atoms with Crippen molar-refractivity contribution < 1.29 is 4.42 Å². The second-order valence-electron chi connectivity index (χ2n) is 15.1. The molecule has 0 aliphatic carbocycles.